The molecule has 2 aliphatic rings. The minimum atomic E-state index is -0.372. The molecule has 25 heavy (non-hydrogen) atoms. The van der Waals surface area contributed by atoms with Crippen molar-refractivity contribution >= 4 is 0 Å². The molecule has 0 aromatic carbocycles. The van der Waals surface area contributed by atoms with Crippen LogP contribution in [0.2, 0.25) is 0 Å². The summed E-state index contributed by atoms with van der Waals surface area (Å²) >= 11 is 0. The van der Waals surface area contributed by atoms with Crippen LogP contribution in [0.5, 0.6) is 0 Å². The second-order valence-electron chi connectivity index (χ2n) is 8.77. The molecule has 0 amide bonds. The molecule has 0 aromatic rings. The molecule has 0 N–H and O–H groups in total. The van der Waals surface area contributed by atoms with Crippen LogP contribution in [0.1, 0.15) is 110 Å². The zero-order valence-electron chi connectivity index (χ0n) is 16.7. The molecule has 2 saturated carbocycles. The Morgan fingerprint density at radius 2 is 1.00 bits per heavy atom. The van der Waals surface area contributed by atoms with E-state index in [1.54, 1.807) is 0 Å². The lowest BCUT2D eigenvalue weighted by Gasteiger charge is -2.30. The Bertz CT molecular complexity index is 385. The van der Waals surface area contributed by atoms with Crippen LogP contribution in [0, 0.1) is 23.7 Å². The summed E-state index contributed by atoms with van der Waals surface area (Å²) in [4.78, 5) is 0. The number of allylic oxidation sites excluding steroid dienone is 2. The first-order chi connectivity index (χ1) is 12.2. The van der Waals surface area contributed by atoms with Crippen molar-refractivity contribution in [3.8, 4) is 0 Å². The van der Waals surface area contributed by atoms with Crippen molar-refractivity contribution in [2.45, 2.75) is 110 Å². The van der Waals surface area contributed by atoms with E-state index in [9.17, 15) is 8.78 Å². The van der Waals surface area contributed by atoms with Crippen LogP contribution in [0.4, 0.5) is 8.78 Å². The van der Waals surface area contributed by atoms with Crippen LogP contribution >= 0.6 is 0 Å². The standard InChI is InChI=1S/C23H40F2/c1-3-5-7-9-19-12-16-21(17-13-19)23(25)22(24)20-14-10-18(11-15-20)8-6-4-2/h18-21H,3-17H2,1-2H3/b23-22+. The van der Waals surface area contributed by atoms with Crippen LogP contribution in [-0.2, 0) is 0 Å². The summed E-state index contributed by atoms with van der Waals surface area (Å²) in [6.45, 7) is 4.46. The topological polar surface area (TPSA) is 0 Å². The molecule has 0 aromatic heterocycles. The van der Waals surface area contributed by atoms with Gasteiger partial charge in [0.1, 0.15) is 11.7 Å². The van der Waals surface area contributed by atoms with E-state index in [1.165, 1.54) is 44.9 Å². The van der Waals surface area contributed by atoms with E-state index >= 15 is 0 Å². The molecule has 0 unspecified atom stereocenters. The van der Waals surface area contributed by atoms with Gasteiger partial charge in [0, 0.05) is 11.8 Å². The van der Waals surface area contributed by atoms with E-state index in [4.69, 9.17) is 0 Å². The van der Waals surface area contributed by atoms with Gasteiger partial charge in [-0.15, -0.1) is 0 Å². The predicted molar refractivity (Wildman–Crippen MR) is 104 cm³/mol. The fraction of sp³-hybridized carbons (Fsp3) is 0.913. The number of unbranched alkanes of at least 4 members (excludes halogenated alkanes) is 3. The number of hydrogen-bond donors (Lipinski definition) is 0. The molecule has 0 spiro atoms. The maximum Gasteiger partial charge on any atom is 0.135 e. The van der Waals surface area contributed by atoms with Gasteiger partial charge in [0.2, 0.25) is 0 Å². The van der Waals surface area contributed by atoms with E-state index in [0.29, 0.717) is 0 Å². The van der Waals surface area contributed by atoms with Crippen molar-refractivity contribution in [3.05, 3.63) is 11.7 Å². The largest absolute Gasteiger partial charge is 0.209 e. The highest BCUT2D eigenvalue weighted by molar-refractivity contribution is 5.09. The molecule has 2 rings (SSSR count). The highest BCUT2D eigenvalue weighted by Gasteiger charge is 2.31. The SMILES string of the molecule is CCCCCC1CCC(/C(F)=C(\F)C2CCC(CCCC)CC2)CC1. The Hall–Kier alpha value is -0.400. The third-order valence-corrected chi connectivity index (χ3v) is 6.82. The molecule has 2 heteroatoms. The maximum atomic E-state index is 14.7. The fourth-order valence-electron chi connectivity index (χ4n) is 4.97. The second-order valence-corrected chi connectivity index (χ2v) is 8.77. The summed E-state index contributed by atoms with van der Waals surface area (Å²) in [5.74, 6) is 0.520. The van der Waals surface area contributed by atoms with Crippen molar-refractivity contribution in [1.29, 1.82) is 0 Å². The molecule has 0 saturated heterocycles. The molecule has 2 aliphatic carbocycles. The maximum absolute atomic E-state index is 14.7. The molecular weight excluding hydrogens is 314 g/mol. The van der Waals surface area contributed by atoms with Crippen molar-refractivity contribution in [1.82, 2.24) is 0 Å². The highest BCUT2D eigenvalue weighted by atomic mass is 19.2. The van der Waals surface area contributed by atoms with Gasteiger partial charge in [-0.25, -0.2) is 8.78 Å². The summed E-state index contributed by atoms with van der Waals surface area (Å²) in [6.07, 6.45) is 16.8. The molecular formula is C23H40F2. The average Bonchev–Trinajstić information content (AvgIpc) is 2.66. The zero-order valence-corrected chi connectivity index (χ0v) is 16.7. The summed E-state index contributed by atoms with van der Waals surface area (Å²) in [5.41, 5.74) is 0. The van der Waals surface area contributed by atoms with Gasteiger partial charge in [-0.2, -0.15) is 0 Å². The summed E-state index contributed by atoms with van der Waals surface area (Å²) in [6, 6.07) is 0. The lowest BCUT2D eigenvalue weighted by Crippen LogP contribution is -2.19. The monoisotopic (exact) mass is 354 g/mol. The molecule has 0 bridgehead atoms. The van der Waals surface area contributed by atoms with Gasteiger partial charge < -0.3 is 0 Å². The Labute approximate surface area is 154 Å². The zero-order chi connectivity index (χ0) is 18.1. The number of rotatable bonds is 9. The summed E-state index contributed by atoms with van der Waals surface area (Å²) < 4.78 is 29.4. The van der Waals surface area contributed by atoms with Crippen LogP contribution in [-0.4, -0.2) is 0 Å². The molecule has 2 fully saturated rings. The van der Waals surface area contributed by atoms with Gasteiger partial charge in [0.15, 0.2) is 0 Å². The van der Waals surface area contributed by atoms with Gasteiger partial charge in [-0.3, -0.25) is 0 Å². The molecule has 0 nitrogen and oxygen atoms in total. The van der Waals surface area contributed by atoms with Gasteiger partial charge in [-0.1, -0.05) is 58.8 Å². The summed E-state index contributed by atoms with van der Waals surface area (Å²) in [5, 5.41) is 0. The second kappa shape index (κ2) is 11.3. The Morgan fingerprint density at radius 3 is 1.40 bits per heavy atom. The molecule has 0 aliphatic heterocycles. The van der Waals surface area contributed by atoms with Crippen LogP contribution in [0.25, 0.3) is 0 Å². The first-order valence-corrected chi connectivity index (χ1v) is 11.2. The first kappa shape index (κ1) is 20.9. The minimum absolute atomic E-state index is 0.125. The quantitative estimate of drug-likeness (QED) is 0.364. The Morgan fingerprint density at radius 1 is 0.600 bits per heavy atom. The van der Waals surface area contributed by atoms with Crippen molar-refractivity contribution < 1.29 is 8.78 Å². The lowest BCUT2D eigenvalue weighted by atomic mass is 9.76. The first-order valence-electron chi connectivity index (χ1n) is 11.2. The van der Waals surface area contributed by atoms with E-state index in [0.717, 1.165) is 63.2 Å². The normalized spacial score (nSPS) is 31.7. The van der Waals surface area contributed by atoms with Gasteiger partial charge in [-0.05, 0) is 63.2 Å². The molecule has 146 valence electrons. The van der Waals surface area contributed by atoms with Gasteiger partial charge in [0.05, 0.1) is 0 Å². The fourth-order valence-corrected chi connectivity index (χ4v) is 4.97. The highest BCUT2D eigenvalue weighted by Crippen LogP contribution is 2.42. The molecule has 0 heterocycles. The van der Waals surface area contributed by atoms with Crippen LogP contribution in [0.3, 0.4) is 0 Å². The average molecular weight is 355 g/mol. The van der Waals surface area contributed by atoms with E-state index in [2.05, 4.69) is 13.8 Å². The Kier molecular flexibility index (Phi) is 9.48. The predicted octanol–water partition coefficient (Wildman–Crippen LogP) is 8.52. The third-order valence-electron chi connectivity index (χ3n) is 6.82. The number of halogens is 2. The van der Waals surface area contributed by atoms with Crippen LogP contribution < -0.4 is 0 Å². The minimum Gasteiger partial charge on any atom is -0.209 e. The van der Waals surface area contributed by atoms with Crippen molar-refractivity contribution in [2.75, 3.05) is 0 Å². The van der Waals surface area contributed by atoms with E-state index in [1.807, 2.05) is 0 Å². The van der Waals surface area contributed by atoms with Crippen LogP contribution in [0.15, 0.2) is 11.7 Å². The van der Waals surface area contributed by atoms with E-state index < -0.39 is 0 Å². The smallest absolute Gasteiger partial charge is 0.135 e. The van der Waals surface area contributed by atoms with Gasteiger partial charge >= 0.3 is 0 Å². The number of hydrogen-bond acceptors (Lipinski definition) is 0. The third kappa shape index (κ3) is 6.68. The van der Waals surface area contributed by atoms with E-state index in [-0.39, 0.29) is 23.5 Å². The van der Waals surface area contributed by atoms with Crippen molar-refractivity contribution in [2.24, 2.45) is 23.7 Å². The van der Waals surface area contributed by atoms with Gasteiger partial charge in [0.25, 0.3) is 0 Å². The molecule has 0 radical (unpaired) electrons. The lowest BCUT2D eigenvalue weighted by molar-refractivity contribution is 0.226. The summed E-state index contributed by atoms with van der Waals surface area (Å²) in [7, 11) is 0. The molecule has 0 atom stereocenters. The van der Waals surface area contributed by atoms with Crippen molar-refractivity contribution in [3.63, 3.8) is 0 Å². The Balaban J connectivity index is 1.76.